The fraction of sp³-hybridized carbons (Fsp3) is 0.400. The minimum absolute atomic E-state index is 0.0558. The van der Waals surface area contributed by atoms with Gasteiger partial charge in [0.05, 0.1) is 16.3 Å². The van der Waals surface area contributed by atoms with Gasteiger partial charge in [-0.05, 0) is 43.2 Å². The first-order valence-corrected chi connectivity index (χ1v) is 11.3. The summed E-state index contributed by atoms with van der Waals surface area (Å²) in [5.74, 6) is -0.742. The molecule has 0 saturated heterocycles. The first-order chi connectivity index (χ1) is 15.2. The van der Waals surface area contributed by atoms with Crippen LogP contribution in [0, 0.1) is 0 Å². The molecular weight excluding hydrogens is 467 g/mol. The molecule has 32 heavy (non-hydrogen) atoms. The van der Waals surface area contributed by atoms with Gasteiger partial charge in [0.15, 0.2) is 5.65 Å². The van der Waals surface area contributed by atoms with Crippen molar-refractivity contribution in [1.29, 1.82) is 0 Å². The first-order valence-electron chi connectivity index (χ1n) is 10.0. The van der Waals surface area contributed by atoms with Crippen LogP contribution < -0.4 is 11.0 Å². The largest absolute Gasteiger partial charge is 0.416 e. The van der Waals surface area contributed by atoms with Gasteiger partial charge >= 0.3 is 11.9 Å². The summed E-state index contributed by atoms with van der Waals surface area (Å²) in [6.45, 7) is -0.500. The molecule has 1 fully saturated rings. The number of fused-ring (bicyclic) bond motifs is 1. The molecule has 0 unspecified atom stereocenters. The van der Waals surface area contributed by atoms with Gasteiger partial charge in [0.1, 0.15) is 11.6 Å². The summed E-state index contributed by atoms with van der Waals surface area (Å²) in [5.41, 5.74) is -1.49. The molecule has 1 amide bonds. The molecule has 1 aromatic carbocycles. The van der Waals surface area contributed by atoms with E-state index in [0.717, 1.165) is 40.2 Å². The van der Waals surface area contributed by atoms with Gasteiger partial charge in [0.2, 0.25) is 5.91 Å². The molecule has 0 atom stereocenters. The molecule has 3 aromatic rings. The van der Waals surface area contributed by atoms with Crippen LogP contribution in [-0.4, -0.2) is 30.6 Å². The number of thioether (sulfide) groups is 1. The molecular formula is C20H19ClF3N5O2S. The minimum atomic E-state index is -4.58. The molecule has 12 heteroatoms. The van der Waals surface area contributed by atoms with Gasteiger partial charge in [-0.1, -0.05) is 30.9 Å². The van der Waals surface area contributed by atoms with Crippen LogP contribution in [0.4, 0.5) is 18.9 Å². The molecule has 0 bridgehead atoms. The smallest absolute Gasteiger partial charge is 0.323 e. The molecule has 1 aliphatic carbocycles. The number of halogens is 4. The number of aromatic nitrogens is 4. The first kappa shape index (κ1) is 22.7. The number of nitrogens with one attached hydrogen (secondary N) is 1. The molecule has 1 saturated carbocycles. The van der Waals surface area contributed by atoms with Crippen LogP contribution in [0.15, 0.2) is 40.2 Å². The number of nitrogens with zero attached hydrogens (tertiary/aromatic N) is 4. The lowest BCUT2D eigenvalue weighted by atomic mass is 10.0. The average molecular weight is 486 g/mol. The van der Waals surface area contributed by atoms with Crippen molar-refractivity contribution < 1.29 is 18.0 Å². The maximum atomic E-state index is 12.9. The van der Waals surface area contributed by atoms with Crippen molar-refractivity contribution in [2.45, 2.75) is 55.1 Å². The Kier molecular flexibility index (Phi) is 6.47. The molecule has 1 aliphatic rings. The monoisotopic (exact) mass is 485 g/mol. The quantitative estimate of drug-likeness (QED) is 0.570. The second kappa shape index (κ2) is 9.14. The van der Waals surface area contributed by atoms with Crippen molar-refractivity contribution in [2.24, 2.45) is 0 Å². The highest BCUT2D eigenvalue weighted by Gasteiger charge is 2.31. The maximum absolute atomic E-state index is 12.9. The van der Waals surface area contributed by atoms with Crippen molar-refractivity contribution in [3.8, 4) is 0 Å². The SMILES string of the molecule is O=C(Cn1nc2ccc(SC3CCCCC3)nn2c1=O)Nc1cc(C(F)(F)F)ccc1Cl. The molecule has 2 heterocycles. The molecule has 2 aromatic heterocycles. The number of carbonyl (C=O) groups is 1. The maximum Gasteiger partial charge on any atom is 0.416 e. The van der Waals surface area contributed by atoms with Crippen molar-refractivity contribution in [3.63, 3.8) is 0 Å². The fourth-order valence-electron chi connectivity index (χ4n) is 3.53. The number of rotatable bonds is 5. The van der Waals surface area contributed by atoms with E-state index in [-0.39, 0.29) is 16.4 Å². The molecule has 0 spiro atoms. The Bertz CT molecular complexity index is 1200. The Hall–Kier alpha value is -2.53. The Balaban J connectivity index is 1.50. The zero-order valence-electron chi connectivity index (χ0n) is 16.7. The predicted octanol–water partition coefficient (Wildman–Crippen LogP) is 4.63. The molecule has 1 N–H and O–H groups in total. The molecule has 4 rings (SSSR count). The number of hydrogen-bond donors (Lipinski definition) is 1. The molecule has 7 nitrogen and oxygen atoms in total. The van der Waals surface area contributed by atoms with Crippen LogP contribution in [0.25, 0.3) is 5.65 Å². The number of carbonyl (C=O) groups excluding carboxylic acids is 1. The van der Waals surface area contributed by atoms with Crippen LogP contribution >= 0.6 is 23.4 Å². The third-order valence-corrected chi connectivity index (χ3v) is 6.71. The van der Waals surface area contributed by atoms with E-state index in [0.29, 0.717) is 10.3 Å². The van der Waals surface area contributed by atoms with Crippen LogP contribution in [0.1, 0.15) is 37.7 Å². The zero-order chi connectivity index (χ0) is 22.9. The standard InChI is InChI=1S/C20H19ClF3N5O2S/c21-14-7-6-12(20(22,23)24)10-15(14)25-17(30)11-28-19(31)29-16(26-28)8-9-18(27-29)32-13-4-2-1-3-5-13/h6-10,13H,1-5,11H2,(H,25,30). The van der Waals surface area contributed by atoms with Gasteiger partial charge < -0.3 is 5.32 Å². The van der Waals surface area contributed by atoms with Crippen molar-refractivity contribution >= 4 is 40.6 Å². The minimum Gasteiger partial charge on any atom is -0.323 e. The Morgan fingerprint density at radius 2 is 1.91 bits per heavy atom. The molecule has 170 valence electrons. The summed E-state index contributed by atoms with van der Waals surface area (Å²) in [6, 6.07) is 6.04. The Morgan fingerprint density at radius 1 is 1.16 bits per heavy atom. The fourth-order valence-corrected chi connectivity index (χ4v) is 4.89. The van der Waals surface area contributed by atoms with Crippen LogP contribution in [-0.2, 0) is 17.5 Å². The topological polar surface area (TPSA) is 81.3 Å². The summed E-state index contributed by atoms with van der Waals surface area (Å²) in [7, 11) is 0. The van der Waals surface area contributed by atoms with Gasteiger partial charge in [-0.3, -0.25) is 4.79 Å². The van der Waals surface area contributed by atoms with Crippen molar-refractivity contribution in [2.75, 3.05) is 5.32 Å². The second-order valence-electron chi connectivity index (χ2n) is 7.50. The number of alkyl halides is 3. The second-order valence-corrected chi connectivity index (χ2v) is 9.23. The van der Waals surface area contributed by atoms with E-state index in [2.05, 4.69) is 15.5 Å². The Morgan fingerprint density at radius 3 is 2.62 bits per heavy atom. The zero-order valence-corrected chi connectivity index (χ0v) is 18.3. The lowest BCUT2D eigenvalue weighted by Crippen LogP contribution is -2.29. The highest BCUT2D eigenvalue weighted by molar-refractivity contribution is 7.99. The van der Waals surface area contributed by atoms with Crippen LogP contribution in [0.2, 0.25) is 5.02 Å². The average Bonchev–Trinajstić information content (AvgIpc) is 3.04. The molecule has 0 radical (unpaired) electrons. The van der Waals surface area contributed by atoms with Gasteiger partial charge in [-0.15, -0.1) is 16.9 Å². The Labute approximate surface area is 189 Å². The van der Waals surface area contributed by atoms with Crippen LogP contribution in [0.3, 0.4) is 0 Å². The number of amides is 1. The van der Waals surface area contributed by atoms with E-state index in [9.17, 15) is 22.8 Å². The summed E-state index contributed by atoms with van der Waals surface area (Å²) in [5, 5.41) is 11.8. The third-order valence-electron chi connectivity index (χ3n) is 5.12. The highest BCUT2D eigenvalue weighted by atomic mass is 35.5. The van der Waals surface area contributed by atoms with Gasteiger partial charge in [0.25, 0.3) is 0 Å². The lowest BCUT2D eigenvalue weighted by Gasteiger charge is -2.20. The normalized spacial score (nSPS) is 15.2. The third kappa shape index (κ3) is 5.09. The number of hydrogen-bond acceptors (Lipinski definition) is 5. The predicted molar refractivity (Wildman–Crippen MR) is 115 cm³/mol. The van der Waals surface area contributed by atoms with E-state index in [1.54, 1.807) is 23.9 Å². The van der Waals surface area contributed by atoms with Crippen LogP contribution in [0.5, 0.6) is 0 Å². The number of anilines is 1. The van der Waals surface area contributed by atoms with E-state index in [1.807, 2.05) is 0 Å². The highest BCUT2D eigenvalue weighted by Crippen LogP contribution is 2.34. The van der Waals surface area contributed by atoms with Gasteiger partial charge in [-0.2, -0.15) is 22.8 Å². The summed E-state index contributed by atoms with van der Waals surface area (Å²) in [4.78, 5) is 25.0. The van der Waals surface area contributed by atoms with Crippen molar-refractivity contribution in [1.82, 2.24) is 19.4 Å². The van der Waals surface area contributed by atoms with E-state index in [1.165, 1.54) is 19.3 Å². The van der Waals surface area contributed by atoms with Gasteiger partial charge in [0, 0.05) is 5.25 Å². The van der Waals surface area contributed by atoms with Crippen molar-refractivity contribution in [3.05, 3.63) is 51.4 Å². The summed E-state index contributed by atoms with van der Waals surface area (Å²) < 4.78 is 40.8. The number of benzene rings is 1. The summed E-state index contributed by atoms with van der Waals surface area (Å²) >= 11 is 7.53. The van der Waals surface area contributed by atoms with E-state index in [4.69, 9.17) is 11.6 Å². The van der Waals surface area contributed by atoms with E-state index < -0.39 is 29.9 Å². The lowest BCUT2D eigenvalue weighted by molar-refractivity contribution is -0.137. The summed E-state index contributed by atoms with van der Waals surface area (Å²) in [6.07, 6.45) is 1.24. The van der Waals surface area contributed by atoms with E-state index >= 15 is 0 Å². The van der Waals surface area contributed by atoms with Gasteiger partial charge in [-0.25, -0.2) is 9.48 Å². The molecule has 0 aliphatic heterocycles.